The van der Waals surface area contributed by atoms with Crippen LogP contribution in [0, 0.1) is 0 Å². The summed E-state index contributed by atoms with van der Waals surface area (Å²) >= 11 is 6.23. The third-order valence-corrected chi connectivity index (χ3v) is 6.07. The number of hydrogen-bond donors (Lipinski definition) is 1. The summed E-state index contributed by atoms with van der Waals surface area (Å²) in [5.74, 6) is 0.530. The molecular formula is C20H21ClN6O5S. The lowest BCUT2D eigenvalue weighted by atomic mass is 10.1. The van der Waals surface area contributed by atoms with E-state index in [0.29, 0.717) is 54.6 Å². The summed E-state index contributed by atoms with van der Waals surface area (Å²) in [7, 11) is -2.04. The van der Waals surface area contributed by atoms with Gasteiger partial charge in [-0.3, -0.25) is 4.79 Å². The third-order valence-electron chi connectivity index (χ3n) is 4.91. The van der Waals surface area contributed by atoms with E-state index in [1.807, 2.05) is 0 Å². The predicted molar refractivity (Wildman–Crippen MR) is 122 cm³/mol. The molecule has 0 aliphatic carbocycles. The topological polar surface area (TPSA) is 129 Å². The molecule has 0 unspecified atom stereocenters. The van der Waals surface area contributed by atoms with Crippen LogP contribution in [-0.4, -0.2) is 78.0 Å². The molecule has 4 rings (SSSR count). The van der Waals surface area contributed by atoms with Crippen LogP contribution in [0.4, 0.5) is 11.6 Å². The molecule has 0 saturated carbocycles. The lowest BCUT2D eigenvalue weighted by Crippen LogP contribution is -2.40. The lowest BCUT2D eigenvalue weighted by molar-refractivity contribution is 0.0302. The zero-order chi connectivity index (χ0) is 23.6. The number of ether oxygens (including phenoxy) is 2. The Morgan fingerprint density at radius 2 is 2.00 bits per heavy atom. The number of aromatic nitrogens is 4. The number of nitrogens with zero attached hydrogens (tertiary/aromatic N) is 5. The molecule has 1 amide bonds. The number of methoxy groups -OCH3 is 1. The molecule has 1 saturated heterocycles. The molecule has 1 fully saturated rings. The lowest BCUT2D eigenvalue weighted by Gasteiger charge is -2.27. The SMILES string of the molecule is COc1cc(C(=O)N2CCOCC2)ccc1Nc1ncc(Cl)c(-c2cnn(S(C)(=O)=O)c2)n1. The summed E-state index contributed by atoms with van der Waals surface area (Å²) in [4.78, 5) is 23.1. The summed E-state index contributed by atoms with van der Waals surface area (Å²) in [6.45, 7) is 2.11. The van der Waals surface area contributed by atoms with E-state index in [9.17, 15) is 13.2 Å². The van der Waals surface area contributed by atoms with Gasteiger partial charge in [0.25, 0.3) is 15.9 Å². The van der Waals surface area contributed by atoms with Gasteiger partial charge in [0, 0.05) is 24.2 Å². The van der Waals surface area contributed by atoms with Crippen molar-refractivity contribution in [3.05, 3.63) is 47.4 Å². The number of carbonyl (C=O) groups is 1. The molecule has 3 aromatic rings. The average Bonchev–Trinajstić information content (AvgIpc) is 3.31. The minimum Gasteiger partial charge on any atom is -0.495 e. The number of carbonyl (C=O) groups excluding carboxylic acids is 1. The second kappa shape index (κ2) is 9.33. The number of rotatable bonds is 6. The van der Waals surface area contributed by atoms with Crippen molar-refractivity contribution in [2.75, 3.05) is 45.0 Å². The van der Waals surface area contributed by atoms with Crippen molar-refractivity contribution >= 4 is 39.2 Å². The highest BCUT2D eigenvalue weighted by molar-refractivity contribution is 7.89. The summed E-state index contributed by atoms with van der Waals surface area (Å²) in [5, 5.41) is 7.11. The Morgan fingerprint density at radius 1 is 1.24 bits per heavy atom. The van der Waals surface area contributed by atoms with Crippen molar-refractivity contribution in [1.29, 1.82) is 0 Å². The Bertz CT molecular complexity index is 1290. The first-order chi connectivity index (χ1) is 15.8. The van der Waals surface area contributed by atoms with E-state index in [1.54, 1.807) is 23.1 Å². The molecule has 33 heavy (non-hydrogen) atoms. The van der Waals surface area contributed by atoms with Crippen LogP contribution in [0.15, 0.2) is 36.8 Å². The van der Waals surface area contributed by atoms with Gasteiger partial charge in [0.2, 0.25) is 5.95 Å². The normalized spacial score (nSPS) is 14.2. The molecule has 1 aromatic carbocycles. The van der Waals surface area contributed by atoms with Gasteiger partial charge >= 0.3 is 0 Å². The van der Waals surface area contributed by atoms with Crippen molar-refractivity contribution in [3.8, 4) is 17.0 Å². The molecule has 11 nitrogen and oxygen atoms in total. The molecule has 0 spiro atoms. The van der Waals surface area contributed by atoms with Gasteiger partial charge in [-0.1, -0.05) is 11.6 Å². The van der Waals surface area contributed by atoms with Gasteiger partial charge in [-0.15, -0.1) is 0 Å². The molecule has 2 aromatic heterocycles. The molecule has 0 radical (unpaired) electrons. The Balaban J connectivity index is 1.59. The Morgan fingerprint density at radius 3 is 2.67 bits per heavy atom. The molecule has 0 atom stereocenters. The molecule has 0 bridgehead atoms. The van der Waals surface area contributed by atoms with Crippen LogP contribution in [0.5, 0.6) is 5.75 Å². The standard InChI is InChI=1S/C20H21ClN6O5S/c1-31-17-9-13(19(28)26-5-7-32-8-6-26)3-4-16(17)24-20-22-11-15(21)18(25-20)14-10-23-27(12-14)33(2,29)30/h3-4,9-12H,5-8H2,1-2H3,(H,22,24,25). The van der Waals surface area contributed by atoms with E-state index in [-0.39, 0.29) is 16.9 Å². The maximum atomic E-state index is 12.8. The second-order valence-corrected chi connectivity index (χ2v) is 9.45. The number of nitrogens with one attached hydrogen (secondary N) is 1. The van der Waals surface area contributed by atoms with E-state index in [2.05, 4.69) is 20.4 Å². The van der Waals surface area contributed by atoms with E-state index in [0.717, 1.165) is 10.3 Å². The highest BCUT2D eigenvalue weighted by Gasteiger charge is 2.20. The van der Waals surface area contributed by atoms with E-state index in [4.69, 9.17) is 21.1 Å². The summed E-state index contributed by atoms with van der Waals surface area (Å²) in [6, 6.07) is 5.04. The van der Waals surface area contributed by atoms with Gasteiger partial charge in [-0.2, -0.15) is 9.19 Å². The van der Waals surface area contributed by atoms with Crippen molar-refractivity contribution < 1.29 is 22.7 Å². The number of anilines is 2. The smallest absolute Gasteiger partial charge is 0.254 e. The van der Waals surface area contributed by atoms with E-state index >= 15 is 0 Å². The molecule has 1 N–H and O–H groups in total. The molecule has 1 aliphatic rings. The van der Waals surface area contributed by atoms with Crippen LogP contribution >= 0.6 is 11.6 Å². The van der Waals surface area contributed by atoms with Crippen LogP contribution in [-0.2, 0) is 14.8 Å². The minimum absolute atomic E-state index is 0.101. The van der Waals surface area contributed by atoms with Gasteiger partial charge < -0.3 is 19.7 Å². The highest BCUT2D eigenvalue weighted by atomic mass is 35.5. The molecular weight excluding hydrogens is 472 g/mol. The molecule has 174 valence electrons. The minimum atomic E-state index is -3.54. The fourth-order valence-corrected chi connectivity index (χ4v) is 3.96. The Kier molecular flexibility index (Phi) is 6.49. The summed E-state index contributed by atoms with van der Waals surface area (Å²) < 4.78 is 35.0. The van der Waals surface area contributed by atoms with Gasteiger partial charge in [0.1, 0.15) is 5.75 Å². The first kappa shape index (κ1) is 23.0. The summed E-state index contributed by atoms with van der Waals surface area (Å²) in [5.41, 5.74) is 1.75. The molecule has 1 aliphatic heterocycles. The number of morpholine rings is 1. The van der Waals surface area contributed by atoms with Crippen molar-refractivity contribution in [3.63, 3.8) is 0 Å². The van der Waals surface area contributed by atoms with Crippen molar-refractivity contribution in [1.82, 2.24) is 24.1 Å². The second-order valence-electron chi connectivity index (χ2n) is 7.20. The van der Waals surface area contributed by atoms with Crippen LogP contribution in [0.2, 0.25) is 5.02 Å². The number of hydrogen-bond acceptors (Lipinski definition) is 9. The largest absolute Gasteiger partial charge is 0.495 e. The first-order valence-electron chi connectivity index (χ1n) is 9.86. The maximum Gasteiger partial charge on any atom is 0.254 e. The Labute approximate surface area is 195 Å². The highest BCUT2D eigenvalue weighted by Crippen LogP contribution is 2.31. The zero-order valence-electron chi connectivity index (χ0n) is 17.9. The van der Waals surface area contributed by atoms with Crippen LogP contribution in [0.1, 0.15) is 10.4 Å². The van der Waals surface area contributed by atoms with Crippen LogP contribution < -0.4 is 10.1 Å². The van der Waals surface area contributed by atoms with Crippen LogP contribution in [0.25, 0.3) is 11.3 Å². The van der Waals surface area contributed by atoms with Crippen molar-refractivity contribution in [2.45, 2.75) is 0 Å². The number of amides is 1. The monoisotopic (exact) mass is 492 g/mol. The van der Waals surface area contributed by atoms with Gasteiger partial charge in [-0.05, 0) is 18.2 Å². The quantitative estimate of drug-likeness (QED) is 0.549. The fourth-order valence-electron chi connectivity index (χ4n) is 3.24. The van der Waals surface area contributed by atoms with Gasteiger partial charge in [-0.25, -0.2) is 18.4 Å². The zero-order valence-corrected chi connectivity index (χ0v) is 19.4. The average molecular weight is 493 g/mol. The van der Waals surface area contributed by atoms with Gasteiger partial charge in [0.05, 0.1) is 61.6 Å². The third kappa shape index (κ3) is 5.07. The predicted octanol–water partition coefficient (Wildman–Crippen LogP) is 2.03. The van der Waals surface area contributed by atoms with E-state index in [1.165, 1.54) is 25.7 Å². The molecule has 3 heterocycles. The number of benzene rings is 1. The fraction of sp³-hybridized carbons (Fsp3) is 0.300. The first-order valence-corrected chi connectivity index (χ1v) is 12.1. The molecule has 13 heteroatoms. The Hall–Kier alpha value is -3.22. The number of halogens is 1. The van der Waals surface area contributed by atoms with Crippen LogP contribution in [0.3, 0.4) is 0 Å². The van der Waals surface area contributed by atoms with Gasteiger partial charge in [0.15, 0.2) is 0 Å². The maximum absolute atomic E-state index is 12.8. The van der Waals surface area contributed by atoms with Crippen molar-refractivity contribution in [2.24, 2.45) is 0 Å². The summed E-state index contributed by atoms with van der Waals surface area (Å²) in [6.07, 6.45) is 5.11. The van der Waals surface area contributed by atoms with E-state index < -0.39 is 10.0 Å².